The molecule has 2 aromatic rings. The predicted octanol–water partition coefficient (Wildman–Crippen LogP) is 2.47. The van der Waals surface area contributed by atoms with E-state index in [1.807, 2.05) is 22.4 Å². The van der Waals surface area contributed by atoms with Gasteiger partial charge in [-0.1, -0.05) is 6.07 Å². The molecule has 130 valence electrons. The van der Waals surface area contributed by atoms with Crippen LogP contribution in [0.25, 0.3) is 0 Å². The first-order valence-electron chi connectivity index (χ1n) is 8.00. The Bertz CT molecular complexity index is 771. The highest BCUT2D eigenvalue weighted by molar-refractivity contribution is 7.14. The Kier molecular flexibility index (Phi) is 5.81. The second kappa shape index (κ2) is 8.25. The second-order valence-corrected chi connectivity index (χ2v) is 7.55. The third kappa shape index (κ3) is 4.45. The maximum absolute atomic E-state index is 12.3. The van der Waals surface area contributed by atoms with Gasteiger partial charge in [0, 0.05) is 39.1 Å². The lowest BCUT2D eigenvalue weighted by Gasteiger charge is -2.34. The standard InChI is InChI=1S/C17H18N4O2S2/c18-12-13-4-11-25-16(13)19-15(22)3-5-20-6-8-21(9-7-20)17(23)14-2-1-10-24-14/h1-2,4,10-11H,3,5-9H2,(H,19,22). The van der Waals surface area contributed by atoms with Crippen LogP contribution in [0.3, 0.4) is 0 Å². The molecule has 1 saturated heterocycles. The van der Waals surface area contributed by atoms with E-state index in [1.165, 1.54) is 22.7 Å². The quantitative estimate of drug-likeness (QED) is 0.872. The van der Waals surface area contributed by atoms with Gasteiger partial charge >= 0.3 is 0 Å². The van der Waals surface area contributed by atoms with Crippen LogP contribution in [0, 0.1) is 11.3 Å². The summed E-state index contributed by atoms with van der Waals surface area (Å²) in [6, 6.07) is 7.50. The molecule has 1 fully saturated rings. The zero-order valence-corrected chi connectivity index (χ0v) is 15.2. The first-order valence-corrected chi connectivity index (χ1v) is 9.76. The van der Waals surface area contributed by atoms with Gasteiger partial charge in [-0.3, -0.25) is 14.5 Å². The van der Waals surface area contributed by atoms with Crippen molar-refractivity contribution in [3.8, 4) is 6.07 Å². The van der Waals surface area contributed by atoms with Gasteiger partial charge in [0.25, 0.3) is 5.91 Å². The van der Waals surface area contributed by atoms with E-state index in [-0.39, 0.29) is 11.8 Å². The van der Waals surface area contributed by atoms with Gasteiger partial charge < -0.3 is 10.2 Å². The first-order chi connectivity index (χ1) is 12.2. The van der Waals surface area contributed by atoms with E-state index in [4.69, 9.17) is 5.26 Å². The predicted molar refractivity (Wildman–Crippen MR) is 98.9 cm³/mol. The summed E-state index contributed by atoms with van der Waals surface area (Å²) < 4.78 is 0. The minimum absolute atomic E-state index is 0.0870. The number of carbonyl (C=O) groups excluding carboxylic acids is 2. The van der Waals surface area contributed by atoms with E-state index in [0.29, 0.717) is 36.6 Å². The maximum atomic E-state index is 12.3. The smallest absolute Gasteiger partial charge is 0.264 e. The first kappa shape index (κ1) is 17.6. The van der Waals surface area contributed by atoms with Gasteiger partial charge in [-0.2, -0.15) is 5.26 Å². The van der Waals surface area contributed by atoms with Crippen LogP contribution in [0.5, 0.6) is 0 Å². The van der Waals surface area contributed by atoms with Crippen molar-refractivity contribution in [3.63, 3.8) is 0 Å². The van der Waals surface area contributed by atoms with Crippen molar-refractivity contribution < 1.29 is 9.59 Å². The molecule has 0 spiro atoms. The van der Waals surface area contributed by atoms with Crippen molar-refractivity contribution >= 4 is 39.5 Å². The minimum Gasteiger partial charge on any atom is -0.335 e. The van der Waals surface area contributed by atoms with E-state index in [9.17, 15) is 9.59 Å². The Morgan fingerprint density at radius 1 is 1.16 bits per heavy atom. The molecular weight excluding hydrogens is 356 g/mol. The molecule has 0 aliphatic carbocycles. The van der Waals surface area contributed by atoms with Crippen molar-refractivity contribution in [2.24, 2.45) is 0 Å². The summed E-state index contributed by atoms with van der Waals surface area (Å²) in [4.78, 5) is 29.2. The van der Waals surface area contributed by atoms with Crippen LogP contribution in [0.2, 0.25) is 0 Å². The molecule has 0 radical (unpaired) electrons. The number of anilines is 1. The SMILES string of the molecule is N#Cc1ccsc1NC(=O)CCN1CCN(C(=O)c2cccs2)CC1. The topological polar surface area (TPSA) is 76.4 Å². The summed E-state index contributed by atoms with van der Waals surface area (Å²) in [5, 5.41) is 16.1. The van der Waals surface area contributed by atoms with Crippen molar-refractivity contribution in [1.82, 2.24) is 9.80 Å². The molecule has 6 nitrogen and oxygen atoms in total. The molecule has 1 aliphatic heterocycles. The lowest BCUT2D eigenvalue weighted by molar-refractivity contribution is -0.116. The van der Waals surface area contributed by atoms with Crippen LogP contribution in [0.15, 0.2) is 29.0 Å². The molecule has 3 heterocycles. The summed E-state index contributed by atoms with van der Waals surface area (Å²) in [6.45, 7) is 3.56. The van der Waals surface area contributed by atoms with Gasteiger partial charge in [-0.15, -0.1) is 22.7 Å². The highest BCUT2D eigenvalue weighted by Gasteiger charge is 2.22. The minimum atomic E-state index is -0.0870. The van der Waals surface area contributed by atoms with Crippen molar-refractivity contribution in [2.75, 3.05) is 38.0 Å². The largest absolute Gasteiger partial charge is 0.335 e. The Morgan fingerprint density at radius 2 is 1.96 bits per heavy atom. The summed E-state index contributed by atoms with van der Waals surface area (Å²) in [5.41, 5.74) is 0.499. The van der Waals surface area contributed by atoms with Gasteiger partial charge in [0.1, 0.15) is 11.1 Å². The average molecular weight is 374 g/mol. The Labute approximate surface area is 154 Å². The molecular formula is C17H18N4O2S2. The van der Waals surface area contributed by atoms with Crippen LogP contribution < -0.4 is 5.32 Å². The fraction of sp³-hybridized carbons (Fsp3) is 0.353. The number of carbonyl (C=O) groups is 2. The molecule has 25 heavy (non-hydrogen) atoms. The molecule has 1 aliphatic rings. The van der Waals surface area contributed by atoms with Crippen LogP contribution in [0.4, 0.5) is 5.00 Å². The Morgan fingerprint density at radius 3 is 2.64 bits per heavy atom. The number of hydrogen-bond acceptors (Lipinski definition) is 6. The van der Waals surface area contributed by atoms with Gasteiger partial charge in [0.15, 0.2) is 0 Å². The lowest BCUT2D eigenvalue weighted by Crippen LogP contribution is -2.49. The Balaban J connectivity index is 1.41. The highest BCUT2D eigenvalue weighted by Crippen LogP contribution is 2.22. The molecule has 0 atom stereocenters. The number of amides is 2. The monoisotopic (exact) mass is 374 g/mol. The highest BCUT2D eigenvalue weighted by atomic mass is 32.1. The molecule has 0 saturated carbocycles. The second-order valence-electron chi connectivity index (χ2n) is 5.68. The lowest BCUT2D eigenvalue weighted by atomic mass is 10.2. The molecule has 3 rings (SSSR count). The fourth-order valence-electron chi connectivity index (χ4n) is 2.67. The third-order valence-electron chi connectivity index (χ3n) is 4.09. The summed E-state index contributed by atoms with van der Waals surface area (Å²) in [7, 11) is 0. The van der Waals surface area contributed by atoms with Crippen LogP contribution in [0.1, 0.15) is 21.7 Å². The van der Waals surface area contributed by atoms with E-state index >= 15 is 0 Å². The number of nitriles is 1. The van der Waals surface area contributed by atoms with E-state index in [1.54, 1.807) is 11.4 Å². The number of hydrogen-bond donors (Lipinski definition) is 1. The summed E-state index contributed by atoms with van der Waals surface area (Å²) in [6.07, 6.45) is 0.377. The molecule has 8 heteroatoms. The Hall–Kier alpha value is -2.21. The molecule has 0 aromatic carbocycles. The zero-order chi connectivity index (χ0) is 17.6. The normalized spacial score (nSPS) is 14.9. The fourth-order valence-corrected chi connectivity index (χ4v) is 4.12. The van der Waals surface area contributed by atoms with Gasteiger partial charge in [0.2, 0.25) is 5.91 Å². The van der Waals surface area contributed by atoms with Crippen LogP contribution >= 0.6 is 22.7 Å². The number of nitrogens with one attached hydrogen (secondary N) is 1. The molecule has 0 bridgehead atoms. The maximum Gasteiger partial charge on any atom is 0.264 e. The molecule has 1 N–H and O–H groups in total. The zero-order valence-electron chi connectivity index (χ0n) is 13.6. The van der Waals surface area contributed by atoms with Gasteiger partial charge in [-0.25, -0.2) is 0 Å². The van der Waals surface area contributed by atoms with Crippen molar-refractivity contribution in [3.05, 3.63) is 39.4 Å². The number of piperazine rings is 1. The molecule has 2 amide bonds. The molecule has 0 unspecified atom stereocenters. The summed E-state index contributed by atoms with van der Waals surface area (Å²) in [5.74, 6) is 0.00478. The van der Waals surface area contributed by atoms with E-state index in [0.717, 1.165) is 18.0 Å². The van der Waals surface area contributed by atoms with Crippen molar-refractivity contribution in [1.29, 1.82) is 5.26 Å². The van der Waals surface area contributed by atoms with Gasteiger partial charge in [-0.05, 0) is 22.9 Å². The van der Waals surface area contributed by atoms with E-state index < -0.39 is 0 Å². The number of nitrogens with zero attached hydrogens (tertiary/aromatic N) is 3. The summed E-state index contributed by atoms with van der Waals surface area (Å²) >= 11 is 2.82. The van der Waals surface area contributed by atoms with Crippen LogP contribution in [-0.2, 0) is 4.79 Å². The van der Waals surface area contributed by atoms with Crippen LogP contribution in [-0.4, -0.2) is 54.3 Å². The average Bonchev–Trinajstić information content (AvgIpc) is 3.31. The van der Waals surface area contributed by atoms with Crippen molar-refractivity contribution in [2.45, 2.75) is 6.42 Å². The molecule has 2 aromatic heterocycles. The number of thiophene rings is 2. The third-order valence-corrected chi connectivity index (χ3v) is 5.77. The van der Waals surface area contributed by atoms with Gasteiger partial charge in [0.05, 0.1) is 10.4 Å². The van der Waals surface area contributed by atoms with E-state index in [2.05, 4.69) is 16.3 Å². The number of rotatable bonds is 5.